The van der Waals surface area contributed by atoms with E-state index in [1.54, 1.807) is 24.1 Å². The number of hydrogen-bond donors (Lipinski definition) is 1. The number of aromatic nitrogens is 2. The van der Waals surface area contributed by atoms with Crippen LogP contribution in [0.5, 0.6) is 0 Å². The molecule has 1 unspecified atom stereocenters. The Morgan fingerprint density at radius 2 is 2.39 bits per heavy atom. The van der Waals surface area contributed by atoms with Crippen molar-refractivity contribution in [3.05, 3.63) is 12.3 Å². The van der Waals surface area contributed by atoms with Gasteiger partial charge >= 0.3 is 0 Å². The molecule has 1 atom stereocenters. The van der Waals surface area contributed by atoms with Crippen molar-refractivity contribution in [2.24, 2.45) is 0 Å². The van der Waals surface area contributed by atoms with E-state index in [-0.39, 0.29) is 18.5 Å². The molecule has 0 bridgehead atoms. The van der Waals surface area contributed by atoms with Crippen LogP contribution in [0.3, 0.4) is 0 Å². The lowest BCUT2D eigenvalue weighted by atomic mass is 10.2. The third kappa shape index (κ3) is 4.03. The number of rotatable bonds is 7. The minimum absolute atomic E-state index is 0.0319. The molecule has 0 fully saturated rings. The van der Waals surface area contributed by atoms with Crippen LogP contribution >= 0.6 is 0 Å². The van der Waals surface area contributed by atoms with Crippen molar-refractivity contribution >= 4 is 11.7 Å². The maximum absolute atomic E-state index is 12.2. The van der Waals surface area contributed by atoms with E-state index >= 15 is 0 Å². The lowest BCUT2D eigenvalue weighted by Gasteiger charge is -2.28. The van der Waals surface area contributed by atoms with Crippen LogP contribution in [0, 0.1) is 0 Å². The number of anilines is 1. The van der Waals surface area contributed by atoms with Gasteiger partial charge in [-0.2, -0.15) is 5.10 Å². The SMILES string of the molecule is CCC(C)N(CCOC)C(=O)Cn1ccc(N)n1. The molecule has 1 amide bonds. The van der Waals surface area contributed by atoms with E-state index in [0.717, 1.165) is 6.42 Å². The predicted octanol–water partition coefficient (Wildman–Crippen LogP) is 0.739. The molecule has 1 rings (SSSR count). The van der Waals surface area contributed by atoms with Crippen LogP contribution in [0.25, 0.3) is 0 Å². The summed E-state index contributed by atoms with van der Waals surface area (Å²) in [6.07, 6.45) is 2.62. The lowest BCUT2D eigenvalue weighted by Crippen LogP contribution is -2.42. The molecule has 1 heterocycles. The van der Waals surface area contributed by atoms with Gasteiger partial charge in [-0.25, -0.2) is 0 Å². The Hall–Kier alpha value is -1.56. The Labute approximate surface area is 108 Å². The molecule has 2 N–H and O–H groups in total. The Morgan fingerprint density at radius 3 is 2.89 bits per heavy atom. The zero-order valence-corrected chi connectivity index (χ0v) is 11.3. The molecule has 0 saturated heterocycles. The second-order valence-corrected chi connectivity index (χ2v) is 4.28. The van der Waals surface area contributed by atoms with Gasteiger partial charge in [0.25, 0.3) is 0 Å². The number of nitrogens with two attached hydrogens (primary N) is 1. The topological polar surface area (TPSA) is 73.4 Å². The van der Waals surface area contributed by atoms with Crippen LogP contribution < -0.4 is 5.73 Å². The van der Waals surface area contributed by atoms with Gasteiger partial charge in [0.05, 0.1) is 6.61 Å². The fourth-order valence-electron chi connectivity index (χ4n) is 1.70. The van der Waals surface area contributed by atoms with Crippen LogP contribution in [-0.2, 0) is 16.1 Å². The second-order valence-electron chi connectivity index (χ2n) is 4.28. The van der Waals surface area contributed by atoms with Gasteiger partial charge in [-0.3, -0.25) is 9.48 Å². The highest BCUT2D eigenvalue weighted by atomic mass is 16.5. The number of nitrogens with zero attached hydrogens (tertiary/aromatic N) is 3. The van der Waals surface area contributed by atoms with E-state index in [2.05, 4.69) is 12.0 Å². The number of carbonyl (C=O) groups excluding carboxylic acids is 1. The zero-order valence-electron chi connectivity index (χ0n) is 11.3. The first-order valence-corrected chi connectivity index (χ1v) is 6.15. The Morgan fingerprint density at radius 1 is 1.67 bits per heavy atom. The molecule has 6 nitrogen and oxygen atoms in total. The van der Waals surface area contributed by atoms with Gasteiger partial charge in [0.2, 0.25) is 5.91 Å². The summed E-state index contributed by atoms with van der Waals surface area (Å²) >= 11 is 0. The predicted molar refractivity (Wildman–Crippen MR) is 70.0 cm³/mol. The first-order chi connectivity index (χ1) is 8.58. The smallest absolute Gasteiger partial charge is 0.244 e. The van der Waals surface area contributed by atoms with E-state index in [1.807, 2.05) is 11.8 Å². The van der Waals surface area contributed by atoms with Crippen molar-refractivity contribution in [2.45, 2.75) is 32.9 Å². The minimum Gasteiger partial charge on any atom is -0.383 e. The van der Waals surface area contributed by atoms with Crippen molar-refractivity contribution in [2.75, 3.05) is 26.0 Å². The van der Waals surface area contributed by atoms with Gasteiger partial charge in [-0.05, 0) is 19.4 Å². The average Bonchev–Trinajstić information content (AvgIpc) is 2.74. The zero-order chi connectivity index (χ0) is 13.5. The number of nitrogen functional groups attached to an aromatic ring is 1. The molecule has 0 aliphatic carbocycles. The number of amides is 1. The molecule has 18 heavy (non-hydrogen) atoms. The monoisotopic (exact) mass is 254 g/mol. The first kappa shape index (κ1) is 14.5. The number of ether oxygens (including phenoxy) is 1. The average molecular weight is 254 g/mol. The van der Waals surface area contributed by atoms with Crippen molar-refractivity contribution in [3.8, 4) is 0 Å². The number of carbonyl (C=O) groups is 1. The molecule has 0 spiro atoms. The fraction of sp³-hybridized carbons (Fsp3) is 0.667. The Kier molecular flexibility index (Phi) is 5.64. The standard InChI is InChI=1S/C12H22N4O2/c1-4-10(2)16(7-8-18-3)12(17)9-15-6-5-11(13)14-15/h5-6,10H,4,7-9H2,1-3H3,(H2,13,14). The molecule has 0 aliphatic rings. The molecule has 1 aromatic rings. The number of hydrogen-bond acceptors (Lipinski definition) is 4. The summed E-state index contributed by atoms with van der Waals surface area (Å²) in [7, 11) is 1.63. The highest BCUT2D eigenvalue weighted by Crippen LogP contribution is 2.06. The number of methoxy groups -OCH3 is 1. The molecule has 0 saturated carbocycles. The van der Waals surface area contributed by atoms with Gasteiger partial charge in [0.1, 0.15) is 12.4 Å². The molecule has 1 aromatic heterocycles. The molecule has 0 aliphatic heterocycles. The van der Waals surface area contributed by atoms with Crippen molar-refractivity contribution in [1.29, 1.82) is 0 Å². The van der Waals surface area contributed by atoms with Crippen LogP contribution in [0.15, 0.2) is 12.3 Å². The first-order valence-electron chi connectivity index (χ1n) is 6.15. The maximum Gasteiger partial charge on any atom is 0.244 e. The molecule has 0 aromatic carbocycles. The second kappa shape index (κ2) is 7.00. The highest BCUT2D eigenvalue weighted by Gasteiger charge is 2.19. The van der Waals surface area contributed by atoms with Gasteiger partial charge in [0, 0.05) is 25.9 Å². The van der Waals surface area contributed by atoms with Gasteiger partial charge < -0.3 is 15.4 Å². The van der Waals surface area contributed by atoms with E-state index in [1.165, 1.54) is 0 Å². The van der Waals surface area contributed by atoms with Gasteiger partial charge in [-0.1, -0.05) is 6.92 Å². The summed E-state index contributed by atoms with van der Waals surface area (Å²) in [5.74, 6) is 0.458. The molecular weight excluding hydrogens is 232 g/mol. The summed E-state index contributed by atoms with van der Waals surface area (Å²) < 4.78 is 6.59. The third-order valence-electron chi connectivity index (χ3n) is 2.94. The minimum atomic E-state index is 0.0319. The van der Waals surface area contributed by atoms with Crippen molar-refractivity contribution < 1.29 is 9.53 Å². The van der Waals surface area contributed by atoms with Crippen molar-refractivity contribution in [3.63, 3.8) is 0 Å². The van der Waals surface area contributed by atoms with E-state index in [4.69, 9.17) is 10.5 Å². The summed E-state index contributed by atoms with van der Waals surface area (Å²) in [6.45, 7) is 5.44. The fourth-order valence-corrected chi connectivity index (χ4v) is 1.70. The van der Waals surface area contributed by atoms with E-state index < -0.39 is 0 Å². The summed E-state index contributed by atoms with van der Waals surface area (Å²) in [5.41, 5.74) is 5.52. The Balaban J connectivity index is 2.63. The third-order valence-corrected chi connectivity index (χ3v) is 2.94. The lowest BCUT2D eigenvalue weighted by molar-refractivity contribution is -0.134. The van der Waals surface area contributed by atoms with Crippen molar-refractivity contribution in [1.82, 2.24) is 14.7 Å². The largest absolute Gasteiger partial charge is 0.383 e. The normalized spacial score (nSPS) is 12.4. The molecular formula is C12H22N4O2. The Bertz CT molecular complexity index is 378. The molecule has 0 radical (unpaired) electrons. The van der Waals surface area contributed by atoms with E-state index in [0.29, 0.717) is 19.0 Å². The van der Waals surface area contributed by atoms with Gasteiger partial charge in [-0.15, -0.1) is 0 Å². The molecule has 102 valence electrons. The highest BCUT2D eigenvalue weighted by molar-refractivity contribution is 5.76. The maximum atomic E-state index is 12.2. The quantitative estimate of drug-likeness (QED) is 0.779. The summed E-state index contributed by atoms with van der Waals surface area (Å²) in [4.78, 5) is 14.0. The van der Waals surface area contributed by atoms with E-state index in [9.17, 15) is 4.79 Å². The summed E-state index contributed by atoms with van der Waals surface area (Å²) in [5, 5.41) is 4.01. The van der Waals surface area contributed by atoms with Gasteiger partial charge in [0.15, 0.2) is 0 Å². The van der Waals surface area contributed by atoms with Crippen LogP contribution in [0.4, 0.5) is 5.82 Å². The summed E-state index contributed by atoms with van der Waals surface area (Å²) in [6, 6.07) is 1.87. The molecule has 6 heteroatoms. The van der Waals surface area contributed by atoms with Crippen LogP contribution in [-0.4, -0.2) is 46.9 Å². The van der Waals surface area contributed by atoms with Crippen LogP contribution in [0.1, 0.15) is 20.3 Å². The van der Waals surface area contributed by atoms with Crippen LogP contribution in [0.2, 0.25) is 0 Å².